The summed E-state index contributed by atoms with van der Waals surface area (Å²) in [7, 11) is 0. The summed E-state index contributed by atoms with van der Waals surface area (Å²) in [6, 6.07) is 7.13. The first-order valence-corrected chi connectivity index (χ1v) is 7.39. The third kappa shape index (κ3) is 3.34. The molecule has 2 aromatic carbocycles. The van der Waals surface area contributed by atoms with Gasteiger partial charge in [-0.25, -0.2) is 8.78 Å². The lowest BCUT2D eigenvalue weighted by Crippen LogP contribution is -2.09. The molecule has 2 nitrogen and oxygen atoms in total. The van der Waals surface area contributed by atoms with Crippen molar-refractivity contribution in [1.29, 1.82) is 0 Å². The van der Waals surface area contributed by atoms with E-state index in [1.54, 1.807) is 18.2 Å². The maximum absolute atomic E-state index is 13.7. The van der Waals surface area contributed by atoms with E-state index in [2.05, 4.69) is 37.2 Å². The van der Waals surface area contributed by atoms with Crippen LogP contribution in [0.3, 0.4) is 0 Å². The van der Waals surface area contributed by atoms with Gasteiger partial charge in [0, 0.05) is 20.6 Å². The van der Waals surface area contributed by atoms with Crippen LogP contribution in [0.1, 0.15) is 5.56 Å². The Morgan fingerprint density at radius 1 is 1.10 bits per heavy atom. The third-order valence-corrected chi connectivity index (χ3v) is 4.04. The number of halogens is 4. The number of nitrogens with two attached hydrogens (primary N) is 1. The van der Waals surface area contributed by atoms with E-state index < -0.39 is 11.6 Å². The summed E-state index contributed by atoms with van der Waals surface area (Å²) in [6.45, 7) is 0. The normalized spacial score (nSPS) is 10.4. The molecule has 3 N–H and O–H groups in total. The molecule has 0 aromatic heterocycles. The standard InChI is InChI=1S/C13H8Br2F2N2S/c14-8-3-6(13(18)20)1-2-11(8)19-12-9(15)4-7(16)5-10(12)17/h1-5,19H,(H2,18,20). The largest absolute Gasteiger partial charge is 0.389 e. The van der Waals surface area contributed by atoms with Gasteiger partial charge < -0.3 is 11.1 Å². The first-order chi connectivity index (χ1) is 9.38. The summed E-state index contributed by atoms with van der Waals surface area (Å²) in [5.41, 5.74) is 6.98. The lowest BCUT2D eigenvalue weighted by Gasteiger charge is -2.12. The molecule has 0 heterocycles. The van der Waals surface area contributed by atoms with Crippen molar-refractivity contribution < 1.29 is 8.78 Å². The van der Waals surface area contributed by atoms with Gasteiger partial charge in [0.25, 0.3) is 0 Å². The van der Waals surface area contributed by atoms with Gasteiger partial charge in [0.2, 0.25) is 0 Å². The second-order valence-electron chi connectivity index (χ2n) is 3.93. The monoisotopic (exact) mass is 420 g/mol. The van der Waals surface area contributed by atoms with Crippen molar-refractivity contribution >= 4 is 60.4 Å². The number of thiocarbonyl (C=S) groups is 1. The van der Waals surface area contributed by atoms with Crippen LogP contribution in [0.5, 0.6) is 0 Å². The molecule has 20 heavy (non-hydrogen) atoms. The fraction of sp³-hybridized carbons (Fsp3) is 0. The van der Waals surface area contributed by atoms with E-state index in [0.717, 1.165) is 6.07 Å². The Morgan fingerprint density at radius 2 is 1.80 bits per heavy atom. The molecule has 0 aliphatic carbocycles. The molecule has 0 saturated carbocycles. The number of anilines is 2. The van der Waals surface area contributed by atoms with Gasteiger partial charge in [0.05, 0.1) is 11.4 Å². The predicted octanol–water partition coefficient (Wildman–Crippen LogP) is 4.87. The molecular weight excluding hydrogens is 414 g/mol. The second-order valence-corrected chi connectivity index (χ2v) is 6.08. The zero-order valence-electron chi connectivity index (χ0n) is 9.88. The van der Waals surface area contributed by atoms with Gasteiger partial charge in [0.15, 0.2) is 5.82 Å². The van der Waals surface area contributed by atoms with E-state index in [1.807, 2.05) is 0 Å². The maximum atomic E-state index is 13.7. The number of hydrogen-bond donors (Lipinski definition) is 2. The van der Waals surface area contributed by atoms with Crippen LogP contribution in [-0.4, -0.2) is 4.99 Å². The van der Waals surface area contributed by atoms with E-state index in [1.165, 1.54) is 6.07 Å². The Labute approximate surface area is 136 Å². The highest BCUT2D eigenvalue weighted by molar-refractivity contribution is 9.11. The fourth-order valence-corrected chi connectivity index (χ4v) is 2.68. The molecule has 0 spiro atoms. The summed E-state index contributed by atoms with van der Waals surface area (Å²) in [5, 5.41) is 2.88. The molecule has 0 aliphatic rings. The van der Waals surface area contributed by atoms with Crippen molar-refractivity contribution in [3.8, 4) is 0 Å². The second kappa shape index (κ2) is 6.15. The summed E-state index contributed by atoms with van der Waals surface area (Å²) < 4.78 is 27.7. The Kier molecular flexibility index (Phi) is 4.72. The summed E-state index contributed by atoms with van der Waals surface area (Å²) in [5.74, 6) is -1.34. The van der Waals surface area contributed by atoms with Crippen LogP contribution in [-0.2, 0) is 0 Å². The van der Waals surface area contributed by atoms with Crippen molar-refractivity contribution in [3.05, 3.63) is 56.5 Å². The first kappa shape index (κ1) is 15.3. The summed E-state index contributed by atoms with van der Waals surface area (Å²) in [6.07, 6.45) is 0. The van der Waals surface area contributed by atoms with E-state index in [0.29, 0.717) is 20.2 Å². The van der Waals surface area contributed by atoms with Gasteiger partial charge in [0.1, 0.15) is 10.8 Å². The highest BCUT2D eigenvalue weighted by Gasteiger charge is 2.11. The van der Waals surface area contributed by atoms with E-state index in [9.17, 15) is 8.78 Å². The zero-order chi connectivity index (χ0) is 14.9. The summed E-state index contributed by atoms with van der Waals surface area (Å²) >= 11 is 11.3. The fourth-order valence-electron chi connectivity index (χ4n) is 1.57. The zero-order valence-corrected chi connectivity index (χ0v) is 13.9. The van der Waals surface area contributed by atoms with Crippen LogP contribution >= 0.6 is 44.1 Å². The van der Waals surface area contributed by atoms with Gasteiger partial charge >= 0.3 is 0 Å². The minimum atomic E-state index is -0.692. The number of rotatable bonds is 3. The van der Waals surface area contributed by atoms with Gasteiger partial charge in [-0.3, -0.25) is 0 Å². The minimum absolute atomic E-state index is 0.148. The van der Waals surface area contributed by atoms with E-state index >= 15 is 0 Å². The van der Waals surface area contributed by atoms with Gasteiger partial charge in [-0.1, -0.05) is 12.2 Å². The van der Waals surface area contributed by atoms with Crippen molar-refractivity contribution in [1.82, 2.24) is 0 Å². The Hall–Kier alpha value is -1.05. The van der Waals surface area contributed by atoms with Crippen LogP contribution in [0.4, 0.5) is 20.2 Å². The van der Waals surface area contributed by atoms with E-state index in [-0.39, 0.29) is 10.7 Å². The molecule has 7 heteroatoms. The molecule has 0 aliphatic heterocycles. The van der Waals surface area contributed by atoms with Crippen LogP contribution in [0, 0.1) is 11.6 Å². The van der Waals surface area contributed by atoms with Crippen molar-refractivity contribution in [3.63, 3.8) is 0 Å². The molecule has 0 atom stereocenters. The lowest BCUT2D eigenvalue weighted by molar-refractivity contribution is 0.584. The number of hydrogen-bond acceptors (Lipinski definition) is 2. The summed E-state index contributed by atoms with van der Waals surface area (Å²) in [4.78, 5) is 0.270. The molecule has 0 saturated heterocycles. The average Bonchev–Trinajstić information content (AvgIpc) is 2.34. The molecule has 104 valence electrons. The Morgan fingerprint density at radius 3 is 2.35 bits per heavy atom. The van der Waals surface area contributed by atoms with Crippen molar-refractivity contribution in [2.45, 2.75) is 0 Å². The Balaban J connectivity index is 2.38. The van der Waals surface area contributed by atoms with Gasteiger partial charge in [-0.15, -0.1) is 0 Å². The van der Waals surface area contributed by atoms with Crippen molar-refractivity contribution in [2.24, 2.45) is 5.73 Å². The Bertz CT molecular complexity index is 669. The van der Waals surface area contributed by atoms with Crippen LogP contribution < -0.4 is 11.1 Å². The van der Waals surface area contributed by atoms with Crippen LogP contribution in [0.15, 0.2) is 39.3 Å². The molecular formula is C13H8Br2F2N2S. The number of benzene rings is 2. The highest BCUT2D eigenvalue weighted by atomic mass is 79.9. The highest BCUT2D eigenvalue weighted by Crippen LogP contribution is 2.33. The van der Waals surface area contributed by atoms with Crippen LogP contribution in [0.2, 0.25) is 0 Å². The van der Waals surface area contributed by atoms with Gasteiger partial charge in [-0.2, -0.15) is 0 Å². The van der Waals surface area contributed by atoms with Gasteiger partial charge in [-0.05, 0) is 56.1 Å². The molecule has 0 bridgehead atoms. The van der Waals surface area contributed by atoms with E-state index in [4.69, 9.17) is 18.0 Å². The first-order valence-electron chi connectivity index (χ1n) is 5.39. The molecule has 2 aromatic rings. The number of nitrogens with one attached hydrogen (secondary N) is 1. The van der Waals surface area contributed by atoms with Crippen molar-refractivity contribution in [2.75, 3.05) is 5.32 Å². The predicted molar refractivity (Wildman–Crippen MR) is 87.4 cm³/mol. The lowest BCUT2D eigenvalue weighted by atomic mass is 10.2. The minimum Gasteiger partial charge on any atom is -0.389 e. The maximum Gasteiger partial charge on any atom is 0.150 e. The molecule has 0 radical (unpaired) electrons. The topological polar surface area (TPSA) is 38.0 Å². The average molecular weight is 422 g/mol. The molecule has 0 unspecified atom stereocenters. The SMILES string of the molecule is NC(=S)c1ccc(Nc2c(F)cc(F)cc2Br)c(Br)c1. The third-order valence-electron chi connectivity index (χ3n) is 2.52. The quantitative estimate of drug-likeness (QED) is 0.694. The van der Waals surface area contributed by atoms with Crippen LogP contribution in [0.25, 0.3) is 0 Å². The molecule has 0 amide bonds. The molecule has 2 rings (SSSR count). The smallest absolute Gasteiger partial charge is 0.150 e. The molecule has 0 fully saturated rings.